The number of benzene rings is 1. The van der Waals surface area contributed by atoms with E-state index in [1.165, 1.54) is 30.5 Å². The summed E-state index contributed by atoms with van der Waals surface area (Å²) in [5.41, 5.74) is 3.85. The average Bonchev–Trinajstić information content (AvgIpc) is 3.42. The molecule has 8 heteroatoms. The van der Waals surface area contributed by atoms with Crippen molar-refractivity contribution < 1.29 is 9.18 Å². The van der Waals surface area contributed by atoms with Crippen molar-refractivity contribution in [2.24, 2.45) is 0 Å². The monoisotopic (exact) mass is 404 g/mol. The summed E-state index contributed by atoms with van der Waals surface area (Å²) < 4.78 is 16.4. The Morgan fingerprint density at radius 3 is 2.73 bits per heavy atom. The molecule has 1 fully saturated rings. The van der Waals surface area contributed by atoms with Crippen molar-refractivity contribution in [3.05, 3.63) is 71.4 Å². The fourth-order valence-electron chi connectivity index (χ4n) is 3.77. The van der Waals surface area contributed by atoms with Crippen molar-refractivity contribution in [1.82, 2.24) is 24.5 Å². The normalized spacial score (nSPS) is 13.7. The van der Waals surface area contributed by atoms with Crippen LogP contribution in [0.25, 0.3) is 11.0 Å². The van der Waals surface area contributed by atoms with Crippen LogP contribution in [-0.2, 0) is 17.9 Å². The van der Waals surface area contributed by atoms with Crippen LogP contribution < -0.4 is 5.32 Å². The standard InChI is InChI=1S/C22H21FN6O/c1-14-21-18(16-4-5-16)8-10-24-22(21)29(26-14)13-20(30)25-19-9-11-28(27-19)12-15-2-6-17(23)7-3-15/h2-3,6-11,16H,4-5,12-13H2,1H3,(H,25,27,30). The quantitative estimate of drug-likeness (QED) is 0.532. The number of anilines is 1. The number of hydrogen-bond acceptors (Lipinski definition) is 4. The van der Waals surface area contributed by atoms with E-state index >= 15 is 0 Å². The SMILES string of the molecule is Cc1nn(CC(=O)Nc2ccn(Cc3ccc(F)cc3)n2)c2nccc(C3CC3)c12. The molecule has 0 bridgehead atoms. The number of amides is 1. The molecule has 1 aliphatic carbocycles. The molecule has 152 valence electrons. The smallest absolute Gasteiger partial charge is 0.247 e. The third-order valence-electron chi connectivity index (χ3n) is 5.32. The minimum atomic E-state index is -0.271. The molecule has 3 heterocycles. The Hall–Kier alpha value is -3.55. The molecule has 0 saturated heterocycles. The van der Waals surface area contributed by atoms with E-state index in [2.05, 4.69) is 26.6 Å². The van der Waals surface area contributed by atoms with E-state index in [-0.39, 0.29) is 18.3 Å². The fraction of sp³-hybridized carbons (Fsp3) is 0.273. The zero-order chi connectivity index (χ0) is 20.7. The molecule has 1 amide bonds. The van der Waals surface area contributed by atoms with Gasteiger partial charge in [-0.25, -0.2) is 14.1 Å². The predicted octanol–water partition coefficient (Wildman–Crippen LogP) is 3.64. The molecule has 1 N–H and O–H groups in total. The molecule has 4 aromatic rings. The Balaban J connectivity index is 1.28. The van der Waals surface area contributed by atoms with E-state index in [0.717, 1.165) is 22.3 Å². The van der Waals surface area contributed by atoms with Gasteiger partial charge < -0.3 is 5.32 Å². The van der Waals surface area contributed by atoms with E-state index in [1.54, 1.807) is 40.0 Å². The van der Waals surface area contributed by atoms with Gasteiger partial charge in [-0.2, -0.15) is 10.2 Å². The molecule has 0 radical (unpaired) electrons. The fourth-order valence-corrected chi connectivity index (χ4v) is 3.77. The highest BCUT2D eigenvalue weighted by atomic mass is 19.1. The van der Waals surface area contributed by atoms with Crippen LogP contribution in [0.3, 0.4) is 0 Å². The highest BCUT2D eigenvalue weighted by Gasteiger charge is 2.27. The van der Waals surface area contributed by atoms with Gasteiger partial charge in [0.25, 0.3) is 0 Å². The van der Waals surface area contributed by atoms with E-state index in [4.69, 9.17) is 0 Å². The molecule has 1 aromatic carbocycles. The van der Waals surface area contributed by atoms with Gasteiger partial charge in [0.1, 0.15) is 12.4 Å². The van der Waals surface area contributed by atoms with Crippen LogP contribution in [0.4, 0.5) is 10.2 Å². The van der Waals surface area contributed by atoms with Crippen LogP contribution in [0.15, 0.2) is 48.8 Å². The minimum absolute atomic E-state index is 0.0658. The third kappa shape index (κ3) is 3.68. The zero-order valence-electron chi connectivity index (χ0n) is 16.5. The summed E-state index contributed by atoms with van der Waals surface area (Å²) in [5, 5.41) is 12.8. The largest absolute Gasteiger partial charge is 0.308 e. The lowest BCUT2D eigenvalue weighted by molar-refractivity contribution is -0.116. The summed E-state index contributed by atoms with van der Waals surface area (Å²) in [4.78, 5) is 17.0. The molecule has 7 nitrogen and oxygen atoms in total. The summed E-state index contributed by atoms with van der Waals surface area (Å²) in [6.45, 7) is 2.52. The lowest BCUT2D eigenvalue weighted by Crippen LogP contribution is -2.20. The van der Waals surface area contributed by atoms with Crippen molar-refractivity contribution >= 4 is 22.8 Å². The molecular formula is C22H21FN6O. The minimum Gasteiger partial charge on any atom is -0.308 e. The van der Waals surface area contributed by atoms with E-state index in [1.807, 2.05) is 6.92 Å². The van der Waals surface area contributed by atoms with Crippen molar-refractivity contribution in [2.75, 3.05) is 5.32 Å². The Labute approximate surface area is 172 Å². The second-order valence-corrected chi connectivity index (χ2v) is 7.69. The maximum atomic E-state index is 13.0. The van der Waals surface area contributed by atoms with Gasteiger partial charge in [0.2, 0.25) is 5.91 Å². The van der Waals surface area contributed by atoms with Crippen molar-refractivity contribution in [1.29, 1.82) is 0 Å². The van der Waals surface area contributed by atoms with Crippen LogP contribution >= 0.6 is 0 Å². The van der Waals surface area contributed by atoms with E-state index in [0.29, 0.717) is 18.3 Å². The molecule has 0 unspecified atom stereocenters. The van der Waals surface area contributed by atoms with Gasteiger partial charge in [0.05, 0.1) is 12.2 Å². The maximum Gasteiger partial charge on any atom is 0.247 e. The van der Waals surface area contributed by atoms with Crippen LogP contribution in [-0.4, -0.2) is 30.5 Å². The van der Waals surface area contributed by atoms with Gasteiger partial charge in [-0.1, -0.05) is 12.1 Å². The third-order valence-corrected chi connectivity index (χ3v) is 5.32. The lowest BCUT2D eigenvalue weighted by Gasteiger charge is -2.05. The molecule has 5 rings (SSSR count). The van der Waals surface area contributed by atoms with Crippen LogP contribution in [0, 0.1) is 12.7 Å². The number of nitrogens with zero attached hydrogens (tertiary/aromatic N) is 5. The number of carbonyl (C=O) groups is 1. The summed E-state index contributed by atoms with van der Waals surface area (Å²) in [5.74, 6) is 0.560. The van der Waals surface area contributed by atoms with Crippen LogP contribution in [0.2, 0.25) is 0 Å². The maximum absolute atomic E-state index is 13.0. The molecule has 0 aliphatic heterocycles. The number of halogens is 1. The number of pyridine rings is 1. The van der Waals surface area contributed by atoms with E-state index in [9.17, 15) is 9.18 Å². The molecule has 3 aromatic heterocycles. The molecule has 0 atom stereocenters. The van der Waals surface area contributed by atoms with Gasteiger partial charge >= 0.3 is 0 Å². The number of rotatable bonds is 6. The first-order valence-electron chi connectivity index (χ1n) is 9.96. The van der Waals surface area contributed by atoms with Gasteiger partial charge in [-0.15, -0.1) is 0 Å². The Morgan fingerprint density at radius 2 is 1.97 bits per heavy atom. The Bertz CT molecular complexity index is 1220. The highest BCUT2D eigenvalue weighted by molar-refractivity contribution is 5.91. The van der Waals surface area contributed by atoms with Crippen molar-refractivity contribution in [2.45, 2.75) is 38.8 Å². The predicted molar refractivity (Wildman–Crippen MR) is 111 cm³/mol. The summed E-state index contributed by atoms with van der Waals surface area (Å²) in [6.07, 6.45) is 5.97. The Kier molecular flexibility index (Phi) is 4.54. The topological polar surface area (TPSA) is 77.6 Å². The van der Waals surface area contributed by atoms with Crippen molar-refractivity contribution in [3.8, 4) is 0 Å². The average molecular weight is 404 g/mol. The zero-order valence-corrected chi connectivity index (χ0v) is 16.5. The molecular weight excluding hydrogens is 383 g/mol. The first kappa shape index (κ1) is 18.5. The molecule has 1 aliphatic rings. The molecule has 30 heavy (non-hydrogen) atoms. The number of aryl methyl sites for hydroxylation is 1. The Morgan fingerprint density at radius 1 is 1.17 bits per heavy atom. The second kappa shape index (κ2) is 7.37. The van der Waals surface area contributed by atoms with Gasteiger partial charge in [-0.3, -0.25) is 9.48 Å². The van der Waals surface area contributed by atoms with E-state index < -0.39 is 0 Å². The first-order chi connectivity index (χ1) is 14.6. The highest BCUT2D eigenvalue weighted by Crippen LogP contribution is 2.43. The summed E-state index contributed by atoms with van der Waals surface area (Å²) in [6, 6.07) is 10.1. The second-order valence-electron chi connectivity index (χ2n) is 7.69. The lowest BCUT2D eigenvalue weighted by atomic mass is 10.1. The number of fused-ring (bicyclic) bond motifs is 1. The molecule has 0 spiro atoms. The number of aromatic nitrogens is 5. The number of carbonyl (C=O) groups excluding carboxylic acids is 1. The number of nitrogens with one attached hydrogen (secondary N) is 1. The van der Waals surface area contributed by atoms with Crippen LogP contribution in [0.1, 0.15) is 35.6 Å². The number of hydrogen-bond donors (Lipinski definition) is 1. The van der Waals surface area contributed by atoms with Gasteiger partial charge in [0.15, 0.2) is 11.5 Å². The summed E-state index contributed by atoms with van der Waals surface area (Å²) in [7, 11) is 0. The van der Waals surface area contributed by atoms with Gasteiger partial charge in [0, 0.05) is 23.8 Å². The van der Waals surface area contributed by atoms with Crippen LogP contribution in [0.5, 0.6) is 0 Å². The first-order valence-corrected chi connectivity index (χ1v) is 9.96. The molecule has 1 saturated carbocycles. The van der Waals surface area contributed by atoms with Crippen molar-refractivity contribution in [3.63, 3.8) is 0 Å². The summed E-state index contributed by atoms with van der Waals surface area (Å²) >= 11 is 0. The van der Waals surface area contributed by atoms with Gasteiger partial charge in [-0.05, 0) is 55.0 Å².